The zero-order chi connectivity index (χ0) is 14.9. The highest BCUT2D eigenvalue weighted by molar-refractivity contribution is 7.09. The predicted octanol–water partition coefficient (Wildman–Crippen LogP) is 3.14. The maximum absolute atomic E-state index is 4.60. The van der Waals surface area contributed by atoms with Crippen molar-refractivity contribution in [1.82, 2.24) is 19.8 Å². The Morgan fingerprint density at radius 3 is 2.76 bits per heavy atom. The number of aromatic nitrogens is 4. The average molecular weight is 301 g/mol. The Bertz CT molecular complexity index is 724. The van der Waals surface area contributed by atoms with Crippen molar-refractivity contribution in [2.45, 2.75) is 32.6 Å². The lowest BCUT2D eigenvalue weighted by Gasteiger charge is -2.15. The number of hydrogen-bond donors (Lipinski definition) is 1. The van der Waals surface area contributed by atoms with Gasteiger partial charge in [-0.1, -0.05) is 26.8 Å². The largest absolute Gasteiger partial charge is 0.368 e. The SMILES string of the molecule is CC(C)(C)c1nnc2ccc(NCCc3cccs3)nn12. The van der Waals surface area contributed by atoms with Crippen LogP contribution in [-0.2, 0) is 11.8 Å². The molecule has 0 atom stereocenters. The molecule has 0 fully saturated rings. The van der Waals surface area contributed by atoms with Crippen molar-refractivity contribution in [2.24, 2.45) is 0 Å². The van der Waals surface area contributed by atoms with Crippen LogP contribution in [0, 0.1) is 0 Å². The van der Waals surface area contributed by atoms with Crippen LogP contribution in [0.25, 0.3) is 5.65 Å². The summed E-state index contributed by atoms with van der Waals surface area (Å²) in [6, 6.07) is 8.13. The molecule has 0 aromatic carbocycles. The predicted molar refractivity (Wildman–Crippen MR) is 86.0 cm³/mol. The summed E-state index contributed by atoms with van der Waals surface area (Å²) in [4.78, 5) is 1.38. The standard InChI is InChI=1S/C15H19N5S/c1-15(2,3)14-18-17-13-7-6-12(19-20(13)14)16-9-8-11-5-4-10-21-11/h4-7,10H,8-9H2,1-3H3,(H,16,19). The topological polar surface area (TPSA) is 55.1 Å². The molecule has 0 bridgehead atoms. The van der Waals surface area contributed by atoms with Crippen molar-refractivity contribution < 1.29 is 0 Å². The molecule has 0 aliphatic carbocycles. The van der Waals surface area contributed by atoms with Crippen LogP contribution in [-0.4, -0.2) is 26.4 Å². The molecule has 0 saturated carbocycles. The molecule has 3 heterocycles. The molecule has 0 aliphatic rings. The zero-order valence-electron chi connectivity index (χ0n) is 12.5. The molecule has 110 valence electrons. The van der Waals surface area contributed by atoms with Gasteiger partial charge in [0.2, 0.25) is 0 Å². The van der Waals surface area contributed by atoms with Crippen LogP contribution in [0.3, 0.4) is 0 Å². The first-order valence-electron chi connectivity index (χ1n) is 7.03. The minimum Gasteiger partial charge on any atom is -0.368 e. The maximum Gasteiger partial charge on any atom is 0.178 e. The highest BCUT2D eigenvalue weighted by atomic mass is 32.1. The van der Waals surface area contributed by atoms with Crippen LogP contribution in [0.15, 0.2) is 29.6 Å². The Balaban J connectivity index is 1.77. The van der Waals surface area contributed by atoms with Gasteiger partial charge in [0.15, 0.2) is 11.5 Å². The summed E-state index contributed by atoms with van der Waals surface area (Å²) >= 11 is 1.78. The molecule has 0 aliphatic heterocycles. The number of thiophene rings is 1. The van der Waals surface area contributed by atoms with Crippen LogP contribution in [0.4, 0.5) is 5.82 Å². The smallest absolute Gasteiger partial charge is 0.178 e. The normalized spacial score (nSPS) is 12.0. The molecule has 3 rings (SSSR count). The number of anilines is 1. The molecule has 3 aromatic rings. The van der Waals surface area contributed by atoms with E-state index in [1.165, 1.54) is 4.88 Å². The Morgan fingerprint density at radius 2 is 2.05 bits per heavy atom. The molecule has 0 spiro atoms. The third-order valence-corrected chi connectivity index (χ3v) is 4.13. The summed E-state index contributed by atoms with van der Waals surface area (Å²) in [7, 11) is 0. The van der Waals surface area contributed by atoms with Crippen LogP contribution in [0.1, 0.15) is 31.5 Å². The van der Waals surface area contributed by atoms with Crippen molar-refractivity contribution in [3.8, 4) is 0 Å². The molecule has 1 N–H and O–H groups in total. The van der Waals surface area contributed by atoms with E-state index in [1.807, 2.05) is 16.6 Å². The molecule has 21 heavy (non-hydrogen) atoms. The van der Waals surface area contributed by atoms with Crippen molar-refractivity contribution in [3.05, 3.63) is 40.3 Å². The van der Waals surface area contributed by atoms with Gasteiger partial charge in [-0.3, -0.25) is 0 Å². The summed E-state index contributed by atoms with van der Waals surface area (Å²) in [5, 5.41) is 18.5. The number of rotatable bonds is 4. The second-order valence-electron chi connectivity index (χ2n) is 6.02. The van der Waals surface area contributed by atoms with Crippen molar-refractivity contribution in [2.75, 3.05) is 11.9 Å². The van der Waals surface area contributed by atoms with Gasteiger partial charge in [0.25, 0.3) is 0 Å². The molecular formula is C15H19N5S. The zero-order valence-corrected chi connectivity index (χ0v) is 13.3. The molecule has 5 nitrogen and oxygen atoms in total. The molecule has 0 saturated heterocycles. The summed E-state index contributed by atoms with van der Waals surface area (Å²) in [5.41, 5.74) is 0.700. The van der Waals surface area contributed by atoms with Gasteiger partial charge in [-0.2, -0.15) is 4.52 Å². The minimum atomic E-state index is -0.0813. The number of hydrogen-bond acceptors (Lipinski definition) is 5. The van der Waals surface area contributed by atoms with Crippen LogP contribution in [0.5, 0.6) is 0 Å². The lowest BCUT2D eigenvalue weighted by molar-refractivity contribution is 0.527. The second kappa shape index (κ2) is 5.44. The fraction of sp³-hybridized carbons (Fsp3) is 0.400. The quantitative estimate of drug-likeness (QED) is 0.804. The third kappa shape index (κ3) is 3.05. The second-order valence-corrected chi connectivity index (χ2v) is 7.05. The number of nitrogens with zero attached hydrogens (tertiary/aromatic N) is 4. The van der Waals surface area contributed by atoms with Gasteiger partial charge < -0.3 is 5.32 Å². The van der Waals surface area contributed by atoms with Gasteiger partial charge in [0, 0.05) is 16.8 Å². The van der Waals surface area contributed by atoms with E-state index in [0.29, 0.717) is 0 Å². The maximum atomic E-state index is 4.60. The Kier molecular flexibility index (Phi) is 3.63. The molecule has 3 aromatic heterocycles. The summed E-state index contributed by atoms with van der Waals surface area (Å²) in [5.74, 6) is 1.73. The van der Waals surface area contributed by atoms with Gasteiger partial charge >= 0.3 is 0 Å². The van der Waals surface area contributed by atoms with Crippen LogP contribution >= 0.6 is 11.3 Å². The first-order valence-corrected chi connectivity index (χ1v) is 7.91. The van der Waals surface area contributed by atoms with E-state index in [4.69, 9.17) is 0 Å². The highest BCUT2D eigenvalue weighted by Crippen LogP contribution is 2.20. The van der Waals surface area contributed by atoms with Crippen LogP contribution in [0.2, 0.25) is 0 Å². The van der Waals surface area contributed by atoms with E-state index in [2.05, 4.69) is 58.9 Å². The Morgan fingerprint density at radius 1 is 1.19 bits per heavy atom. The molecule has 6 heteroatoms. The van der Waals surface area contributed by atoms with Gasteiger partial charge in [-0.15, -0.1) is 26.6 Å². The fourth-order valence-electron chi connectivity index (χ4n) is 2.12. The average Bonchev–Trinajstić information content (AvgIpc) is 3.05. The fourth-order valence-corrected chi connectivity index (χ4v) is 2.83. The lowest BCUT2D eigenvalue weighted by Crippen LogP contribution is -2.17. The molecule has 0 amide bonds. The first kappa shape index (κ1) is 14.0. The van der Waals surface area contributed by atoms with Gasteiger partial charge in [0.05, 0.1) is 0 Å². The first-order chi connectivity index (χ1) is 10.0. The molecule has 0 radical (unpaired) electrons. The number of nitrogens with one attached hydrogen (secondary N) is 1. The molecule has 0 unspecified atom stereocenters. The minimum absolute atomic E-state index is 0.0813. The molecular weight excluding hydrogens is 282 g/mol. The van der Waals surface area contributed by atoms with E-state index in [-0.39, 0.29) is 5.41 Å². The van der Waals surface area contributed by atoms with Gasteiger partial charge in [0.1, 0.15) is 5.82 Å². The van der Waals surface area contributed by atoms with E-state index in [1.54, 1.807) is 11.3 Å². The third-order valence-electron chi connectivity index (χ3n) is 3.19. The van der Waals surface area contributed by atoms with Crippen molar-refractivity contribution >= 4 is 22.8 Å². The van der Waals surface area contributed by atoms with E-state index >= 15 is 0 Å². The monoisotopic (exact) mass is 301 g/mol. The van der Waals surface area contributed by atoms with E-state index < -0.39 is 0 Å². The number of fused-ring (bicyclic) bond motifs is 1. The van der Waals surface area contributed by atoms with Gasteiger partial charge in [-0.05, 0) is 30.0 Å². The van der Waals surface area contributed by atoms with Crippen LogP contribution < -0.4 is 5.32 Å². The lowest BCUT2D eigenvalue weighted by atomic mass is 9.96. The van der Waals surface area contributed by atoms with Crippen molar-refractivity contribution in [3.63, 3.8) is 0 Å². The van der Waals surface area contributed by atoms with Gasteiger partial charge in [-0.25, -0.2) is 0 Å². The Labute approximate surface area is 128 Å². The summed E-state index contributed by atoms with van der Waals surface area (Å²) in [6.07, 6.45) is 1.01. The summed E-state index contributed by atoms with van der Waals surface area (Å²) in [6.45, 7) is 7.21. The highest BCUT2D eigenvalue weighted by Gasteiger charge is 2.21. The summed E-state index contributed by atoms with van der Waals surface area (Å²) < 4.78 is 1.83. The van der Waals surface area contributed by atoms with E-state index in [9.17, 15) is 0 Å². The Hall–Kier alpha value is -1.95. The van der Waals surface area contributed by atoms with E-state index in [0.717, 1.165) is 30.3 Å². The van der Waals surface area contributed by atoms with Crippen molar-refractivity contribution in [1.29, 1.82) is 0 Å².